The van der Waals surface area contributed by atoms with Crippen LogP contribution in [-0.2, 0) is 0 Å². The van der Waals surface area contributed by atoms with E-state index in [4.69, 9.17) is 19.4 Å². The summed E-state index contributed by atoms with van der Waals surface area (Å²) < 4.78 is 11.2. The molecule has 4 aromatic heterocycles. The second-order valence-electron chi connectivity index (χ2n) is 15.4. The zero-order valence-corrected chi connectivity index (χ0v) is 32.8. The number of fused-ring (bicyclic) bond motifs is 9. The minimum atomic E-state index is 0.463. The molecule has 4 heterocycles. The van der Waals surface area contributed by atoms with Crippen LogP contribution in [0.3, 0.4) is 0 Å². The molecule has 0 spiro atoms. The van der Waals surface area contributed by atoms with E-state index in [0.29, 0.717) is 17.5 Å². The summed E-state index contributed by atoms with van der Waals surface area (Å²) in [5.74, 6) is 1.08. The third-order valence-electron chi connectivity index (χ3n) is 11.6. The molecule has 59 heavy (non-hydrogen) atoms. The van der Waals surface area contributed by atoms with Crippen LogP contribution in [0.5, 0.6) is 0 Å². The van der Waals surface area contributed by atoms with Crippen molar-refractivity contribution >= 4 is 82.9 Å². The number of furan rings is 1. The number of rotatable bonds is 6. The first-order valence-electron chi connectivity index (χ1n) is 20.1. The fraction of sp³-hybridized carbons (Fsp3) is 0.0755. The minimum absolute atomic E-state index is 0.463. The third kappa shape index (κ3) is 5.75. The molecule has 10 aromatic rings. The van der Waals surface area contributed by atoms with Crippen molar-refractivity contribution in [1.82, 2.24) is 14.1 Å². The van der Waals surface area contributed by atoms with Crippen molar-refractivity contribution in [3.63, 3.8) is 0 Å². The number of nitrogens with zero attached hydrogens (tertiary/aromatic N) is 5. The predicted molar refractivity (Wildman–Crippen MR) is 246 cm³/mol. The highest BCUT2D eigenvalue weighted by atomic mass is 16.3. The van der Waals surface area contributed by atoms with Crippen LogP contribution in [0.1, 0.15) is 31.4 Å². The summed E-state index contributed by atoms with van der Waals surface area (Å²) in [5.41, 5.74) is 13.5. The van der Waals surface area contributed by atoms with Crippen molar-refractivity contribution in [2.24, 2.45) is 15.9 Å². The molecule has 0 amide bonds. The van der Waals surface area contributed by atoms with E-state index in [1.165, 1.54) is 16.3 Å². The summed E-state index contributed by atoms with van der Waals surface area (Å²) in [7, 11) is 0. The van der Waals surface area contributed by atoms with Crippen LogP contribution >= 0.6 is 0 Å². The summed E-state index contributed by atoms with van der Waals surface area (Å²) in [6, 6.07) is 50.7. The normalized spacial score (nSPS) is 15.0. The maximum Gasteiger partial charge on any atom is 0.160 e. The predicted octanol–water partition coefficient (Wildman–Crippen LogP) is 13.6. The molecule has 0 saturated carbocycles. The van der Waals surface area contributed by atoms with Gasteiger partial charge in [-0.05, 0) is 91.6 Å². The van der Waals surface area contributed by atoms with Gasteiger partial charge in [0.2, 0.25) is 0 Å². The van der Waals surface area contributed by atoms with Crippen molar-refractivity contribution < 1.29 is 4.42 Å². The van der Waals surface area contributed by atoms with E-state index in [-0.39, 0.29) is 0 Å². The number of hydrogen-bond donors (Lipinski definition) is 0. The molecule has 0 N–H and O–H groups in total. The molecule has 0 bridgehead atoms. The van der Waals surface area contributed by atoms with Gasteiger partial charge in [-0.15, -0.1) is 0 Å². The average Bonchev–Trinajstić information content (AvgIpc) is 3.93. The molecule has 0 fully saturated rings. The average molecular weight is 762 g/mol. The maximum atomic E-state index is 6.53. The van der Waals surface area contributed by atoms with Gasteiger partial charge in [0.05, 0.1) is 33.3 Å². The van der Waals surface area contributed by atoms with Crippen LogP contribution in [0.4, 0.5) is 0 Å². The Hall–Kier alpha value is -7.57. The number of aliphatic imine (C=N–C) groups is 2. The van der Waals surface area contributed by atoms with Gasteiger partial charge in [-0.3, -0.25) is 4.98 Å². The highest BCUT2D eigenvalue weighted by Gasteiger charge is 2.21. The summed E-state index contributed by atoms with van der Waals surface area (Å²) in [5, 5.41) is 5.44. The lowest BCUT2D eigenvalue weighted by Crippen LogP contribution is -2.07. The molecule has 282 valence electrons. The van der Waals surface area contributed by atoms with Gasteiger partial charge >= 0.3 is 0 Å². The van der Waals surface area contributed by atoms with Crippen LogP contribution < -0.4 is 0 Å². The van der Waals surface area contributed by atoms with E-state index in [0.717, 1.165) is 89.6 Å². The van der Waals surface area contributed by atoms with Gasteiger partial charge in [-0.1, -0.05) is 111 Å². The van der Waals surface area contributed by atoms with Crippen LogP contribution in [0.25, 0.3) is 82.8 Å². The molecule has 6 aromatic carbocycles. The second kappa shape index (κ2) is 13.8. The lowest BCUT2D eigenvalue weighted by molar-refractivity contribution is 0.669. The van der Waals surface area contributed by atoms with Gasteiger partial charge in [-0.2, -0.15) is 0 Å². The Morgan fingerprint density at radius 1 is 0.661 bits per heavy atom. The minimum Gasteiger partial charge on any atom is -0.456 e. The standard InChI is InChI=1S/C53H39N5O/c1-33-15-12-18-37(29-33)34(2)55-53(36-16-6-4-7-17-36)56-35(3)40-22-13-25-50-51(40)44-30-39(26-27-49(44)59-50)58-46-24-14-28-54-52(46)43-31-42-41-21-10-11-23-45(41)57(47(42)32-48(43)58)38-19-8-5-9-20-38/h4-14,16-33H,3,15H2,1-2H3. The highest BCUT2D eigenvalue weighted by Crippen LogP contribution is 2.41. The number of benzene rings is 6. The van der Waals surface area contributed by atoms with Gasteiger partial charge in [0, 0.05) is 61.3 Å². The van der Waals surface area contributed by atoms with Crippen LogP contribution in [0.15, 0.2) is 197 Å². The molecular weight excluding hydrogens is 723 g/mol. The molecular formula is C53H39N5O. The Labute approximate surface area is 341 Å². The summed E-state index contributed by atoms with van der Waals surface area (Å²) in [6.07, 6.45) is 9.58. The topological polar surface area (TPSA) is 60.6 Å². The Bertz CT molecular complexity index is 3450. The summed E-state index contributed by atoms with van der Waals surface area (Å²) in [6.45, 7) is 8.83. The Morgan fingerprint density at radius 2 is 1.42 bits per heavy atom. The molecule has 1 aliphatic carbocycles. The fourth-order valence-electron chi connectivity index (χ4n) is 8.85. The molecule has 0 aliphatic heterocycles. The van der Waals surface area contributed by atoms with Crippen LogP contribution in [-0.4, -0.2) is 25.7 Å². The van der Waals surface area contributed by atoms with Crippen LogP contribution in [0.2, 0.25) is 0 Å². The van der Waals surface area contributed by atoms with Crippen molar-refractivity contribution in [2.75, 3.05) is 0 Å². The van der Waals surface area contributed by atoms with Gasteiger partial charge in [0.1, 0.15) is 11.2 Å². The van der Waals surface area contributed by atoms with Gasteiger partial charge in [-0.25, -0.2) is 9.98 Å². The molecule has 0 saturated heterocycles. The van der Waals surface area contributed by atoms with E-state index in [2.05, 4.69) is 145 Å². The number of allylic oxidation sites excluding steroid dienone is 4. The Balaban J connectivity index is 1.11. The molecule has 6 heteroatoms. The lowest BCUT2D eigenvalue weighted by Gasteiger charge is -2.13. The highest BCUT2D eigenvalue weighted by molar-refractivity contribution is 6.19. The van der Waals surface area contributed by atoms with Gasteiger partial charge in [0.25, 0.3) is 0 Å². The Morgan fingerprint density at radius 3 is 2.27 bits per heavy atom. The van der Waals surface area contributed by atoms with Gasteiger partial charge < -0.3 is 13.6 Å². The van der Waals surface area contributed by atoms with Gasteiger partial charge in [0.15, 0.2) is 5.84 Å². The summed E-state index contributed by atoms with van der Waals surface area (Å²) >= 11 is 0. The first-order chi connectivity index (χ1) is 29.0. The molecule has 1 unspecified atom stereocenters. The molecule has 0 radical (unpaired) electrons. The van der Waals surface area contributed by atoms with Crippen molar-refractivity contribution in [2.45, 2.75) is 20.3 Å². The molecule has 11 rings (SSSR count). The lowest BCUT2D eigenvalue weighted by atomic mass is 9.96. The van der Waals surface area contributed by atoms with E-state index in [9.17, 15) is 0 Å². The zero-order chi connectivity index (χ0) is 39.6. The third-order valence-corrected chi connectivity index (χ3v) is 11.6. The molecule has 6 nitrogen and oxygen atoms in total. The van der Waals surface area contributed by atoms with E-state index >= 15 is 0 Å². The van der Waals surface area contributed by atoms with E-state index < -0.39 is 0 Å². The number of hydrogen-bond acceptors (Lipinski definition) is 3. The van der Waals surface area contributed by atoms with E-state index in [1.54, 1.807) is 0 Å². The SMILES string of the molecule is C=C(N=C(N=C(C)C1=CC(C)CC=C1)c1ccccc1)c1cccc2oc3ccc(-n4c5cc6c(cc5c5ncccc54)c4ccccc4n6-c4ccccc4)cc3c12. The quantitative estimate of drug-likeness (QED) is 0.125. The smallest absolute Gasteiger partial charge is 0.160 e. The molecule has 1 aliphatic rings. The van der Waals surface area contributed by atoms with Crippen molar-refractivity contribution in [3.8, 4) is 11.4 Å². The number of pyridine rings is 1. The largest absolute Gasteiger partial charge is 0.456 e. The fourth-order valence-corrected chi connectivity index (χ4v) is 8.85. The number of amidine groups is 1. The zero-order valence-electron chi connectivity index (χ0n) is 32.8. The summed E-state index contributed by atoms with van der Waals surface area (Å²) in [4.78, 5) is 15.2. The van der Waals surface area contributed by atoms with Crippen molar-refractivity contribution in [1.29, 1.82) is 0 Å². The first kappa shape index (κ1) is 34.7. The number of para-hydroxylation sites is 2. The maximum absolute atomic E-state index is 6.53. The van der Waals surface area contributed by atoms with Crippen molar-refractivity contribution in [3.05, 3.63) is 193 Å². The monoisotopic (exact) mass is 761 g/mol. The van der Waals surface area contributed by atoms with Crippen LogP contribution in [0, 0.1) is 5.92 Å². The first-order valence-corrected chi connectivity index (χ1v) is 20.1. The second-order valence-corrected chi connectivity index (χ2v) is 15.4. The number of aromatic nitrogens is 3. The van der Waals surface area contributed by atoms with E-state index in [1.807, 2.05) is 54.7 Å². The Kier molecular flexibility index (Phi) is 8.12. The molecule has 1 atom stereocenters.